The first-order valence-corrected chi connectivity index (χ1v) is 9.98. The summed E-state index contributed by atoms with van der Waals surface area (Å²) >= 11 is 1.63. The van der Waals surface area contributed by atoms with Gasteiger partial charge < -0.3 is 9.80 Å². The first kappa shape index (κ1) is 18.8. The van der Waals surface area contributed by atoms with Crippen LogP contribution in [0.15, 0.2) is 54.6 Å². The van der Waals surface area contributed by atoms with Crippen LogP contribution in [0.2, 0.25) is 0 Å². The largest absolute Gasteiger partial charge is 0.368 e. The highest BCUT2D eigenvalue weighted by Gasteiger charge is 2.26. The summed E-state index contributed by atoms with van der Waals surface area (Å²) in [5, 5.41) is 0.0403. The minimum Gasteiger partial charge on any atom is -0.368 e. The van der Waals surface area contributed by atoms with Crippen molar-refractivity contribution in [3.05, 3.63) is 66.0 Å². The van der Waals surface area contributed by atoms with Crippen molar-refractivity contribution in [2.45, 2.75) is 24.3 Å². The lowest BCUT2D eigenvalue weighted by atomic mass is 10.2. The lowest BCUT2D eigenvalue weighted by Gasteiger charge is -2.37. The van der Waals surface area contributed by atoms with Crippen molar-refractivity contribution in [3.8, 4) is 0 Å². The van der Waals surface area contributed by atoms with Crippen molar-refractivity contribution < 1.29 is 9.18 Å². The maximum absolute atomic E-state index is 13.1. The summed E-state index contributed by atoms with van der Waals surface area (Å²) in [4.78, 5) is 17.1. The number of carbonyl (C=O) groups is 1. The van der Waals surface area contributed by atoms with E-state index in [1.54, 1.807) is 23.9 Å². The third-order valence-electron chi connectivity index (χ3n) is 4.81. The maximum atomic E-state index is 13.1. The quantitative estimate of drug-likeness (QED) is 0.779. The van der Waals surface area contributed by atoms with E-state index in [9.17, 15) is 9.18 Å². The topological polar surface area (TPSA) is 23.6 Å². The van der Waals surface area contributed by atoms with Crippen LogP contribution >= 0.6 is 11.8 Å². The normalized spacial score (nSPS) is 17.0. The summed E-state index contributed by atoms with van der Waals surface area (Å²) in [5.74, 6) is -0.0389. The maximum Gasteiger partial charge on any atom is 0.235 e. The van der Waals surface area contributed by atoms with Crippen molar-refractivity contribution in [2.24, 2.45) is 0 Å². The van der Waals surface area contributed by atoms with Gasteiger partial charge in [0.05, 0.1) is 5.25 Å². The van der Waals surface area contributed by atoms with Gasteiger partial charge in [-0.05, 0) is 43.7 Å². The Hall–Kier alpha value is -2.01. The number of piperazine rings is 1. The Bertz CT molecular complexity index is 715. The van der Waals surface area contributed by atoms with E-state index in [4.69, 9.17) is 0 Å². The summed E-state index contributed by atoms with van der Waals surface area (Å²) in [5.41, 5.74) is 2.26. The van der Waals surface area contributed by atoms with Crippen LogP contribution in [-0.2, 0) is 4.79 Å². The van der Waals surface area contributed by atoms with E-state index >= 15 is 0 Å². The monoisotopic (exact) mass is 372 g/mol. The van der Waals surface area contributed by atoms with Crippen LogP contribution in [0.3, 0.4) is 0 Å². The number of rotatable bonds is 5. The lowest BCUT2D eigenvalue weighted by Crippen LogP contribution is -2.50. The second kappa shape index (κ2) is 8.58. The molecule has 1 amide bonds. The van der Waals surface area contributed by atoms with Crippen LogP contribution < -0.4 is 4.90 Å². The minimum atomic E-state index is -0.230. The van der Waals surface area contributed by atoms with Crippen LogP contribution in [-0.4, -0.2) is 42.2 Å². The molecule has 2 aromatic rings. The van der Waals surface area contributed by atoms with Gasteiger partial charge in [-0.3, -0.25) is 4.79 Å². The second-order valence-electron chi connectivity index (χ2n) is 6.62. The van der Waals surface area contributed by atoms with Gasteiger partial charge in [0.1, 0.15) is 5.82 Å². The Morgan fingerprint density at radius 1 is 0.962 bits per heavy atom. The molecule has 0 radical (unpaired) electrons. The highest BCUT2D eigenvalue weighted by molar-refractivity contribution is 8.00. The number of amides is 1. The van der Waals surface area contributed by atoms with Gasteiger partial charge in [0, 0.05) is 37.1 Å². The van der Waals surface area contributed by atoms with Crippen LogP contribution in [0.5, 0.6) is 0 Å². The van der Waals surface area contributed by atoms with E-state index in [2.05, 4.69) is 24.0 Å². The zero-order valence-electron chi connectivity index (χ0n) is 15.3. The predicted molar refractivity (Wildman–Crippen MR) is 107 cm³/mol. The van der Waals surface area contributed by atoms with Crippen molar-refractivity contribution in [3.63, 3.8) is 0 Å². The lowest BCUT2D eigenvalue weighted by molar-refractivity contribution is -0.130. The molecule has 1 saturated heterocycles. The van der Waals surface area contributed by atoms with E-state index in [1.807, 2.05) is 30.0 Å². The molecule has 0 bridgehead atoms. The van der Waals surface area contributed by atoms with Gasteiger partial charge in [-0.2, -0.15) is 0 Å². The SMILES string of the molecule is CC(SC(C)c1ccc(F)cc1)C(=O)N1CCN(c2ccccc2)CC1. The Labute approximate surface area is 159 Å². The zero-order valence-corrected chi connectivity index (χ0v) is 16.1. The fourth-order valence-corrected chi connectivity index (χ4v) is 4.45. The van der Waals surface area contributed by atoms with Crippen molar-refractivity contribution in [1.82, 2.24) is 4.90 Å². The van der Waals surface area contributed by atoms with Crippen molar-refractivity contribution >= 4 is 23.4 Å². The molecule has 1 heterocycles. The van der Waals surface area contributed by atoms with Crippen LogP contribution in [0.25, 0.3) is 0 Å². The number of carbonyl (C=O) groups excluding carboxylic acids is 1. The van der Waals surface area contributed by atoms with E-state index in [-0.39, 0.29) is 22.2 Å². The highest BCUT2D eigenvalue weighted by atomic mass is 32.2. The molecule has 0 spiro atoms. The first-order chi connectivity index (χ1) is 12.5. The first-order valence-electron chi connectivity index (χ1n) is 9.04. The molecule has 1 aliphatic rings. The van der Waals surface area contributed by atoms with Gasteiger partial charge in [0.2, 0.25) is 5.91 Å². The Morgan fingerprint density at radius 3 is 2.19 bits per heavy atom. The molecule has 0 aromatic heterocycles. The standard InChI is InChI=1S/C21H25FN2OS/c1-16(18-8-10-19(22)11-9-18)26-17(2)21(25)24-14-12-23(13-15-24)20-6-4-3-5-7-20/h3-11,16-17H,12-15H2,1-2H3. The number of hydrogen-bond donors (Lipinski definition) is 0. The fourth-order valence-electron chi connectivity index (χ4n) is 3.26. The molecule has 2 aromatic carbocycles. The average molecular weight is 373 g/mol. The number of halogens is 1. The van der Waals surface area contributed by atoms with Gasteiger partial charge in [-0.1, -0.05) is 30.3 Å². The molecule has 0 saturated carbocycles. The van der Waals surface area contributed by atoms with Gasteiger partial charge in [-0.25, -0.2) is 4.39 Å². The van der Waals surface area contributed by atoms with Crippen molar-refractivity contribution in [2.75, 3.05) is 31.1 Å². The predicted octanol–water partition coefficient (Wildman–Crippen LogP) is 4.36. The molecule has 3 nitrogen and oxygen atoms in total. The molecular formula is C21H25FN2OS. The summed E-state index contributed by atoms with van der Waals surface area (Å²) < 4.78 is 13.1. The summed E-state index contributed by atoms with van der Waals surface area (Å²) in [6, 6.07) is 16.9. The zero-order chi connectivity index (χ0) is 18.5. The molecule has 1 fully saturated rings. The number of anilines is 1. The summed E-state index contributed by atoms with van der Waals surface area (Å²) in [6.07, 6.45) is 0. The molecule has 3 rings (SSSR count). The second-order valence-corrected chi connectivity index (χ2v) is 8.31. The summed E-state index contributed by atoms with van der Waals surface area (Å²) in [7, 11) is 0. The van der Waals surface area contributed by atoms with Crippen LogP contribution in [0.4, 0.5) is 10.1 Å². The van der Waals surface area contributed by atoms with Gasteiger partial charge in [-0.15, -0.1) is 11.8 Å². The molecule has 26 heavy (non-hydrogen) atoms. The minimum absolute atomic E-state index is 0.113. The van der Waals surface area contributed by atoms with Gasteiger partial charge in [0.15, 0.2) is 0 Å². The molecule has 2 atom stereocenters. The highest BCUT2D eigenvalue weighted by Crippen LogP contribution is 2.32. The Kier molecular flexibility index (Phi) is 6.20. The molecule has 0 N–H and O–H groups in total. The smallest absolute Gasteiger partial charge is 0.235 e. The number of nitrogens with zero attached hydrogens (tertiary/aromatic N) is 2. The van der Waals surface area contributed by atoms with Gasteiger partial charge in [0.25, 0.3) is 0 Å². The number of hydrogen-bond acceptors (Lipinski definition) is 3. The number of benzene rings is 2. The molecule has 2 unspecified atom stereocenters. The van der Waals surface area contributed by atoms with Crippen LogP contribution in [0.1, 0.15) is 24.7 Å². The third kappa shape index (κ3) is 4.58. The Morgan fingerprint density at radius 2 is 1.58 bits per heavy atom. The van der Waals surface area contributed by atoms with E-state index in [1.165, 1.54) is 17.8 Å². The van der Waals surface area contributed by atoms with Gasteiger partial charge >= 0.3 is 0 Å². The fraction of sp³-hybridized carbons (Fsp3) is 0.381. The molecule has 138 valence electrons. The molecule has 5 heteroatoms. The van der Waals surface area contributed by atoms with E-state index < -0.39 is 0 Å². The molecule has 0 aliphatic carbocycles. The molecular weight excluding hydrogens is 347 g/mol. The average Bonchev–Trinajstić information content (AvgIpc) is 2.68. The Balaban J connectivity index is 1.52. The van der Waals surface area contributed by atoms with E-state index in [0.717, 1.165) is 31.7 Å². The number of thioether (sulfide) groups is 1. The van der Waals surface area contributed by atoms with Crippen molar-refractivity contribution in [1.29, 1.82) is 0 Å². The van der Waals surface area contributed by atoms with E-state index in [0.29, 0.717) is 0 Å². The molecule has 1 aliphatic heterocycles. The number of para-hydroxylation sites is 1. The summed E-state index contributed by atoms with van der Waals surface area (Å²) in [6.45, 7) is 7.26. The van der Waals surface area contributed by atoms with Crippen LogP contribution in [0, 0.1) is 5.82 Å². The third-order valence-corrected chi connectivity index (χ3v) is 6.10.